The van der Waals surface area contributed by atoms with Crippen molar-refractivity contribution in [2.24, 2.45) is 0 Å². The molecule has 0 bridgehead atoms. The van der Waals surface area contributed by atoms with E-state index in [2.05, 4.69) is 49.9 Å². The molecular weight excluding hydrogens is 168 g/mol. The smallest absolute Gasteiger partial charge is 0.00862 e. The molecule has 0 aromatic heterocycles. The van der Waals surface area contributed by atoms with E-state index < -0.39 is 0 Å². The molecule has 0 saturated heterocycles. The number of allylic oxidation sites excluding steroid dienone is 1. The highest BCUT2D eigenvalue weighted by Gasteiger charge is 2.05. The highest BCUT2D eigenvalue weighted by Crippen LogP contribution is 2.22. The van der Waals surface area contributed by atoms with Gasteiger partial charge in [0, 0.05) is 5.92 Å². The van der Waals surface area contributed by atoms with E-state index in [1.165, 1.54) is 31.2 Å². The number of hydrogen-bond acceptors (Lipinski definition) is 0. The fourth-order valence-electron chi connectivity index (χ4n) is 1.67. The van der Waals surface area contributed by atoms with Crippen molar-refractivity contribution in [3.05, 3.63) is 48.6 Å². The first-order chi connectivity index (χ1) is 6.88. The van der Waals surface area contributed by atoms with Crippen molar-refractivity contribution in [1.29, 1.82) is 0 Å². The van der Waals surface area contributed by atoms with Crippen LogP contribution in [0.3, 0.4) is 0 Å². The lowest BCUT2D eigenvalue weighted by Gasteiger charge is -2.11. The van der Waals surface area contributed by atoms with Gasteiger partial charge in [0.2, 0.25) is 0 Å². The first-order valence-corrected chi connectivity index (χ1v) is 5.46. The summed E-state index contributed by atoms with van der Waals surface area (Å²) < 4.78 is 0. The summed E-state index contributed by atoms with van der Waals surface area (Å²) >= 11 is 0. The predicted octanol–water partition coefficient (Wildman–Crippen LogP) is 4.34. The highest BCUT2D eigenvalue weighted by atomic mass is 14.1. The average Bonchev–Trinajstić information content (AvgIpc) is 2.26. The maximum atomic E-state index is 3.79. The van der Waals surface area contributed by atoms with Crippen molar-refractivity contribution in [3.8, 4) is 0 Å². The molecule has 0 nitrogen and oxygen atoms in total. The Bertz CT molecular complexity index is 248. The van der Waals surface area contributed by atoms with Gasteiger partial charge in [0.05, 0.1) is 0 Å². The summed E-state index contributed by atoms with van der Waals surface area (Å²) in [5.41, 5.74) is 1.35. The normalized spacial score (nSPS) is 12.4. The molecule has 1 aromatic carbocycles. The average molecular weight is 187 g/mol. The third-order valence-corrected chi connectivity index (χ3v) is 2.54. The first kappa shape index (κ1) is 11.0. The molecule has 1 aromatic rings. The van der Waals surface area contributed by atoms with Gasteiger partial charge in [0.1, 0.15) is 0 Å². The van der Waals surface area contributed by atoms with Crippen LogP contribution in [0.1, 0.15) is 44.1 Å². The zero-order valence-corrected chi connectivity index (χ0v) is 9.00. The predicted molar refractivity (Wildman–Crippen MR) is 62.2 cm³/mol. The molecule has 0 spiro atoms. The van der Waals surface area contributed by atoms with Gasteiger partial charge in [-0.1, -0.05) is 63.1 Å². The van der Waals surface area contributed by atoms with E-state index >= 15 is 0 Å². The van der Waals surface area contributed by atoms with Crippen LogP contribution in [0, 0.1) is 6.08 Å². The van der Waals surface area contributed by atoms with Crippen LogP contribution in [0.25, 0.3) is 0 Å². The molecule has 0 N–H and O–H groups in total. The second-order valence-corrected chi connectivity index (χ2v) is 3.66. The Kier molecular flexibility index (Phi) is 5.06. The molecule has 0 saturated carbocycles. The van der Waals surface area contributed by atoms with Gasteiger partial charge in [0.15, 0.2) is 0 Å². The van der Waals surface area contributed by atoms with Crippen molar-refractivity contribution in [2.75, 3.05) is 0 Å². The van der Waals surface area contributed by atoms with Crippen LogP contribution in [0.2, 0.25) is 0 Å². The van der Waals surface area contributed by atoms with Gasteiger partial charge in [-0.05, 0) is 18.1 Å². The third kappa shape index (κ3) is 3.37. The fourth-order valence-corrected chi connectivity index (χ4v) is 1.67. The maximum Gasteiger partial charge on any atom is 0.00862 e. The molecule has 0 aliphatic carbocycles. The van der Waals surface area contributed by atoms with Crippen LogP contribution < -0.4 is 0 Å². The molecule has 1 rings (SSSR count). The van der Waals surface area contributed by atoms with Crippen LogP contribution in [0.15, 0.2) is 36.9 Å². The van der Waals surface area contributed by atoms with Gasteiger partial charge in [-0.2, -0.15) is 0 Å². The van der Waals surface area contributed by atoms with Crippen molar-refractivity contribution in [1.82, 2.24) is 0 Å². The quantitative estimate of drug-likeness (QED) is 0.581. The van der Waals surface area contributed by atoms with Crippen molar-refractivity contribution >= 4 is 0 Å². The van der Waals surface area contributed by atoms with Gasteiger partial charge < -0.3 is 0 Å². The summed E-state index contributed by atoms with van der Waals surface area (Å²) in [5, 5.41) is 0. The molecule has 1 unspecified atom stereocenters. The SMILES string of the molecule is C=[C]C(CCCCC)c1ccccc1. The van der Waals surface area contributed by atoms with E-state index in [0.29, 0.717) is 5.92 Å². The van der Waals surface area contributed by atoms with Crippen LogP contribution in [-0.4, -0.2) is 0 Å². The second kappa shape index (κ2) is 6.42. The minimum atomic E-state index is 0.419. The van der Waals surface area contributed by atoms with Crippen LogP contribution >= 0.6 is 0 Å². The zero-order valence-electron chi connectivity index (χ0n) is 9.00. The lowest BCUT2D eigenvalue weighted by molar-refractivity contribution is 0.622. The topological polar surface area (TPSA) is 0 Å². The largest absolute Gasteiger partial charge is 0.0949 e. The zero-order chi connectivity index (χ0) is 10.2. The Morgan fingerprint density at radius 1 is 1.21 bits per heavy atom. The number of rotatable bonds is 6. The molecule has 0 heteroatoms. The van der Waals surface area contributed by atoms with E-state index in [1.54, 1.807) is 0 Å². The highest BCUT2D eigenvalue weighted by molar-refractivity contribution is 5.21. The van der Waals surface area contributed by atoms with Gasteiger partial charge in [-0.3, -0.25) is 0 Å². The summed E-state index contributed by atoms with van der Waals surface area (Å²) in [5.74, 6) is 0.419. The second-order valence-electron chi connectivity index (χ2n) is 3.66. The Hall–Kier alpha value is -1.04. The van der Waals surface area contributed by atoms with E-state index in [9.17, 15) is 0 Å². The molecule has 75 valence electrons. The number of benzene rings is 1. The van der Waals surface area contributed by atoms with Crippen molar-refractivity contribution in [2.45, 2.75) is 38.5 Å². The Morgan fingerprint density at radius 2 is 1.93 bits per heavy atom. The van der Waals surface area contributed by atoms with Crippen LogP contribution in [0.4, 0.5) is 0 Å². The molecule has 0 heterocycles. The fraction of sp³-hybridized carbons (Fsp3) is 0.429. The molecule has 14 heavy (non-hydrogen) atoms. The van der Waals surface area contributed by atoms with Crippen LogP contribution in [0.5, 0.6) is 0 Å². The summed E-state index contributed by atoms with van der Waals surface area (Å²) in [6.07, 6.45) is 8.17. The van der Waals surface area contributed by atoms with Gasteiger partial charge in [-0.15, -0.1) is 0 Å². The lowest BCUT2D eigenvalue weighted by Crippen LogP contribution is -1.95. The maximum absolute atomic E-state index is 3.79. The van der Waals surface area contributed by atoms with E-state index in [1.807, 2.05) is 0 Å². The molecule has 0 amide bonds. The Morgan fingerprint density at radius 3 is 2.50 bits per heavy atom. The molecule has 0 fully saturated rings. The molecule has 1 atom stereocenters. The summed E-state index contributed by atoms with van der Waals surface area (Å²) in [4.78, 5) is 0. The molecule has 0 aliphatic heterocycles. The van der Waals surface area contributed by atoms with Crippen LogP contribution in [-0.2, 0) is 0 Å². The number of hydrogen-bond donors (Lipinski definition) is 0. The Balaban J connectivity index is 2.50. The molecule has 1 radical (unpaired) electrons. The minimum Gasteiger partial charge on any atom is -0.0949 e. The number of unbranched alkanes of at least 4 members (excludes halogenated alkanes) is 2. The third-order valence-electron chi connectivity index (χ3n) is 2.54. The molecule has 0 aliphatic rings. The summed E-state index contributed by atoms with van der Waals surface area (Å²) in [6.45, 7) is 6.02. The lowest BCUT2D eigenvalue weighted by atomic mass is 9.93. The van der Waals surface area contributed by atoms with Gasteiger partial charge in [-0.25, -0.2) is 0 Å². The minimum absolute atomic E-state index is 0.419. The van der Waals surface area contributed by atoms with E-state index in [4.69, 9.17) is 0 Å². The summed E-state index contributed by atoms with van der Waals surface area (Å²) in [7, 11) is 0. The van der Waals surface area contributed by atoms with E-state index in [0.717, 1.165) is 0 Å². The van der Waals surface area contributed by atoms with E-state index in [-0.39, 0.29) is 0 Å². The van der Waals surface area contributed by atoms with Gasteiger partial charge in [0.25, 0.3) is 0 Å². The molecular formula is C14H19. The standard InChI is InChI=1S/C14H19/c1-3-5-7-10-13(4-2)14-11-8-6-9-12-14/h6,8-9,11-13H,2-3,5,7,10H2,1H3. The monoisotopic (exact) mass is 187 g/mol. The van der Waals surface area contributed by atoms with Crippen molar-refractivity contribution < 1.29 is 0 Å². The van der Waals surface area contributed by atoms with Gasteiger partial charge >= 0.3 is 0 Å². The summed E-state index contributed by atoms with van der Waals surface area (Å²) in [6, 6.07) is 10.5. The Labute approximate surface area is 87.7 Å². The van der Waals surface area contributed by atoms with Crippen molar-refractivity contribution in [3.63, 3.8) is 0 Å². The first-order valence-electron chi connectivity index (χ1n) is 5.46.